The Bertz CT molecular complexity index is 592. The molecule has 0 fully saturated rings. The zero-order valence-electron chi connectivity index (χ0n) is 10.0. The standard InChI is InChI=1S/C13H12N4O2/c18-13(15-12-6-7-14-16-12)11-8-10(17-19-11)9-4-2-1-3-5-9/h1-7,11H,8H2,(H2,14,15,16,18). The molecule has 0 aliphatic carbocycles. The van der Waals surface area contributed by atoms with Crippen LogP contribution in [0.2, 0.25) is 0 Å². The number of benzene rings is 1. The molecular formula is C13H12N4O2. The van der Waals surface area contributed by atoms with Gasteiger partial charge in [0.2, 0.25) is 6.10 Å². The van der Waals surface area contributed by atoms with Gasteiger partial charge in [0.25, 0.3) is 5.91 Å². The molecule has 0 radical (unpaired) electrons. The molecule has 1 aromatic heterocycles. The van der Waals surface area contributed by atoms with E-state index >= 15 is 0 Å². The SMILES string of the molecule is O=C(Nc1ccn[nH]1)C1CC(c2ccccc2)=NO1. The van der Waals surface area contributed by atoms with Gasteiger partial charge in [0, 0.05) is 12.5 Å². The summed E-state index contributed by atoms with van der Waals surface area (Å²) in [5, 5.41) is 13.1. The van der Waals surface area contributed by atoms with Crippen molar-refractivity contribution in [3.05, 3.63) is 48.2 Å². The van der Waals surface area contributed by atoms with Crippen molar-refractivity contribution in [2.45, 2.75) is 12.5 Å². The first-order valence-corrected chi connectivity index (χ1v) is 5.91. The number of aromatic nitrogens is 2. The van der Waals surface area contributed by atoms with Crippen molar-refractivity contribution in [2.24, 2.45) is 5.16 Å². The number of amides is 1. The van der Waals surface area contributed by atoms with Crippen molar-refractivity contribution in [1.29, 1.82) is 0 Å². The van der Waals surface area contributed by atoms with E-state index in [2.05, 4.69) is 20.7 Å². The van der Waals surface area contributed by atoms with Crippen LogP contribution in [-0.2, 0) is 9.63 Å². The first kappa shape index (κ1) is 11.5. The van der Waals surface area contributed by atoms with Crippen molar-refractivity contribution in [2.75, 3.05) is 5.32 Å². The third kappa shape index (κ3) is 2.47. The second kappa shape index (κ2) is 4.93. The first-order valence-electron chi connectivity index (χ1n) is 5.91. The van der Waals surface area contributed by atoms with Crippen LogP contribution in [0.1, 0.15) is 12.0 Å². The summed E-state index contributed by atoms with van der Waals surface area (Å²) in [6.07, 6.45) is 1.43. The normalized spacial score (nSPS) is 17.7. The lowest BCUT2D eigenvalue weighted by atomic mass is 10.0. The van der Waals surface area contributed by atoms with Gasteiger partial charge in [0.15, 0.2) is 0 Å². The second-order valence-electron chi connectivity index (χ2n) is 4.16. The summed E-state index contributed by atoms with van der Waals surface area (Å²) in [6, 6.07) is 11.3. The molecule has 1 aromatic carbocycles. The van der Waals surface area contributed by atoms with E-state index in [4.69, 9.17) is 4.84 Å². The highest BCUT2D eigenvalue weighted by Crippen LogP contribution is 2.17. The van der Waals surface area contributed by atoms with Gasteiger partial charge in [-0.2, -0.15) is 5.10 Å². The van der Waals surface area contributed by atoms with Gasteiger partial charge in [0.05, 0.1) is 11.9 Å². The Morgan fingerprint density at radius 2 is 2.16 bits per heavy atom. The molecule has 1 aliphatic heterocycles. The van der Waals surface area contributed by atoms with Crippen molar-refractivity contribution >= 4 is 17.4 Å². The van der Waals surface area contributed by atoms with Gasteiger partial charge in [-0.1, -0.05) is 35.5 Å². The minimum absolute atomic E-state index is 0.237. The largest absolute Gasteiger partial charge is 0.382 e. The smallest absolute Gasteiger partial charge is 0.269 e. The van der Waals surface area contributed by atoms with E-state index in [-0.39, 0.29) is 5.91 Å². The van der Waals surface area contributed by atoms with E-state index < -0.39 is 6.10 Å². The Morgan fingerprint density at radius 3 is 2.89 bits per heavy atom. The van der Waals surface area contributed by atoms with Gasteiger partial charge in [-0.25, -0.2) is 0 Å². The molecule has 0 saturated carbocycles. The molecular weight excluding hydrogens is 244 g/mol. The van der Waals surface area contributed by atoms with Crippen LogP contribution >= 0.6 is 0 Å². The van der Waals surface area contributed by atoms with Crippen LogP contribution in [0.4, 0.5) is 5.82 Å². The van der Waals surface area contributed by atoms with E-state index in [0.29, 0.717) is 12.2 Å². The van der Waals surface area contributed by atoms with Gasteiger partial charge >= 0.3 is 0 Å². The molecule has 1 amide bonds. The van der Waals surface area contributed by atoms with Gasteiger partial charge in [-0.05, 0) is 5.56 Å². The molecule has 6 nitrogen and oxygen atoms in total. The molecule has 2 heterocycles. The Hall–Kier alpha value is -2.63. The monoisotopic (exact) mass is 256 g/mol. The average molecular weight is 256 g/mol. The molecule has 0 saturated heterocycles. The molecule has 19 heavy (non-hydrogen) atoms. The zero-order chi connectivity index (χ0) is 13.1. The highest BCUT2D eigenvalue weighted by atomic mass is 16.6. The maximum absolute atomic E-state index is 11.9. The minimum atomic E-state index is -0.599. The van der Waals surface area contributed by atoms with Crippen molar-refractivity contribution in [1.82, 2.24) is 10.2 Å². The fraction of sp³-hybridized carbons (Fsp3) is 0.154. The van der Waals surface area contributed by atoms with Gasteiger partial charge < -0.3 is 10.2 Å². The van der Waals surface area contributed by atoms with E-state index in [1.54, 1.807) is 12.3 Å². The number of carbonyl (C=O) groups is 1. The number of hydrogen-bond acceptors (Lipinski definition) is 4. The maximum atomic E-state index is 11.9. The Kier molecular flexibility index (Phi) is 2.97. The molecule has 2 aromatic rings. The van der Waals surface area contributed by atoms with E-state index in [9.17, 15) is 4.79 Å². The molecule has 0 spiro atoms. The quantitative estimate of drug-likeness (QED) is 0.874. The van der Waals surface area contributed by atoms with Crippen LogP contribution in [-0.4, -0.2) is 27.9 Å². The number of H-pyrrole nitrogens is 1. The van der Waals surface area contributed by atoms with Crippen LogP contribution in [0.25, 0.3) is 0 Å². The fourth-order valence-corrected chi connectivity index (χ4v) is 1.86. The van der Waals surface area contributed by atoms with E-state index in [1.807, 2.05) is 30.3 Å². The predicted octanol–water partition coefficient (Wildman–Crippen LogP) is 1.54. The van der Waals surface area contributed by atoms with E-state index in [0.717, 1.165) is 11.3 Å². The summed E-state index contributed by atoms with van der Waals surface area (Å²) in [6.45, 7) is 0. The molecule has 1 aliphatic rings. The first-order chi connectivity index (χ1) is 9.33. The lowest BCUT2D eigenvalue weighted by Crippen LogP contribution is -2.28. The zero-order valence-corrected chi connectivity index (χ0v) is 10.0. The average Bonchev–Trinajstić information content (AvgIpc) is 3.10. The minimum Gasteiger partial charge on any atom is -0.382 e. The summed E-state index contributed by atoms with van der Waals surface area (Å²) >= 11 is 0. The number of nitrogens with one attached hydrogen (secondary N) is 2. The Morgan fingerprint density at radius 1 is 1.32 bits per heavy atom. The summed E-state index contributed by atoms with van der Waals surface area (Å²) < 4.78 is 0. The number of anilines is 1. The molecule has 6 heteroatoms. The second-order valence-corrected chi connectivity index (χ2v) is 4.16. The number of nitrogens with zero attached hydrogens (tertiary/aromatic N) is 2. The molecule has 1 unspecified atom stereocenters. The van der Waals surface area contributed by atoms with E-state index in [1.165, 1.54) is 0 Å². The number of aromatic amines is 1. The molecule has 3 rings (SSSR count). The van der Waals surface area contributed by atoms with Crippen LogP contribution in [0, 0.1) is 0 Å². The highest BCUT2D eigenvalue weighted by molar-refractivity contribution is 6.05. The topological polar surface area (TPSA) is 79.4 Å². The van der Waals surface area contributed by atoms with Gasteiger partial charge in [0.1, 0.15) is 5.82 Å². The van der Waals surface area contributed by atoms with Crippen molar-refractivity contribution in [3.63, 3.8) is 0 Å². The van der Waals surface area contributed by atoms with Crippen LogP contribution < -0.4 is 5.32 Å². The van der Waals surface area contributed by atoms with Gasteiger partial charge in [-0.3, -0.25) is 9.89 Å². The third-order valence-electron chi connectivity index (χ3n) is 2.83. The predicted molar refractivity (Wildman–Crippen MR) is 69.7 cm³/mol. The lowest BCUT2D eigenvalue weighted by Gasteiger charge is -2.07. The number of oxime groups is 1. The molecule has 0 bridgehead atoms. The summed E-state index contributed by atoms with van der Waals surface area (Å²) in [5.41, 5.74) is 1.75. The number of rotatable bonds is 3. The number of hydrogen-bond donors (Lipinski definition) is 2. The van der Waals surface area contributed by atoms with Crippen LogP contribution in [0.5, 0.6) is 0 Å². The Labute approximate surface area is 109 Å². The molecule has 2 N–H and O–H groups in total. The summed E-state index contributed by atoms with van der Waals surface area (Å²) in [5.74, 6) is 0.306. The Balaban J connectivity index is 1.63. The van der Waals surface area contributed by atoms with Crippen LogP contribution in [0.3, 0.4) is 0 Å². The van der Waals surface area contributed by atoms with Gasteiger partial charge in [-0.15, -0.1) is 0 Å². The molecule has 1 atom stereocenters. The summed E-state index contributed by atoms with van der Waals surface area (Å²) in [4.78, 5) is 17.1. The lowest BCUT2D eigenvalue weighted by molar-refractivity contribution is -0.125. The number of carbonyl (C=O) groups excluding carboxylic acids is 1. The molecule has 96 valence electrons. The fourth-order valence-electron chi connectivity index (χ4n) is 1.86. The highest BCUT2D eigenvalue weighted by Gasteiger charge is 2.28. The van der Waals surface area contributed by atoms with Crippen LogP contribution in [0.15, 0.2) is 47.8 Å². The summed E-state index contributed by atoms with van der Waals surface area (Å²) in [7, 11) is 0. The maximum Gasteiger partial charge on any atom is 0.269 e. The van der Waals surface area contributed by atoms with Crippen molar-refractivity contribution in [3.8, 4) is 0 Å². The third-order valence-corrected chi connectivity index (χ3v) is 2.83. The van der Waals surface area contributed by atoms with Crippen molar-refractivity contribution < 1.29 is 9.63 Å².